The lowest BCUT2D eigenvalue weighted by Gasteiger charge is -2.32. The van der Waals surface area contributed by atoms with Crippen molar-refractivity contribution >= 4 is 18.4 Å². The predicted octanol–water partition coefficient (Wildman–Crippen LogP) is 1.27. The van der Waals surface area contributed by atoms with Crippen LogP contribution >= 0.6 is 0 Å². The normalized spacial score (nSPS) is 21.8. The molecule has 1 fully saturated rings. The van der Waals surface area contributed by atoms with Crippen LogP contribution in [0.2, 0.25) is 0 Å². The molecule has 0 bridgehead atoms. The molecule has 4 nitrogen and oxygen atoms in total. The summed E-state index contributed by atoms with van der Waals surface area (Å²) in [6.45, 7) is 9.98. The smallest absolute Gasteiger partial charge is 0.399 e. The van der Waals surface area contributed by atoms with E-state index >= 15 is 0 Å². The van der Waals surface area contributed by atoms with Gasteiger partial charge in [0, 0.05) is 11.2 Å². The summed E-state index contributed by atoms with van der Waals surface area (Å²) in [6, 6.07) is 3.83. The molecule has 1 saturated heterocycles. The predicted molar refractivity (Wildman–Crippen MR) is 69.1 cm³/mol. The minimum absolute atomic E-state index is 0.352. The van der Waals surface area contributed by atoms with Gasteiger partial charge < -0.3 is 15.0 Å². The minimum atomic E-state index is -0.437. The molecule has 17 heavy (non-hydrogen) atoms. The number of nitrogens with zero attached hydrogens (tertiary/aromatic N) is 1. The van der Waals surface area contributed by atoms with Crippen molar-refractivity contribution in [1.82, 2.24) is 4.98 Å². The summed E-state index contributed by atoms with van der Waals surface area (Å²) in [5.41, 5.74) is 6.89. The Balaban J connectivity index is 2.32. The maximum atomic E-state index is 5.93. The third-order valence-electron chi connectivity index (χ3n) is 3.60. The van der Waals surface area contributed by atoms with Gasteiger partial charge in [-0.15, -0.1) is 0 Å². The van der Waals surface area contributed by atoms with Gasteiger partial charge in [-0.25, -0.2) is 4.98 Å². The number of hydrogen-bond donors (Lipinski definition) is 1. The van der Waals surface area contributed by atoms with Crippen LogP contribution in [-0.2, 0) is 9.31 Å². The summed E-state index contributed by atoms with van der Waals surface area (Å²) in [7, 11) is -0.437. The quantitative estimate of drug-likeness (QED) is 0.743. The van der Waals surface area contributed by atoms with Crippen LogP contribution in [0, 0.1) is 6.92 Å². The Hall–Kier alpha value is -1.07. The Bertz CT molecular complexity index is 430. The SMILES string of the molecule is Cc1ccc(B2OC(C)(C)C(C)(C)O2)c(N)n1. The van der Waals surface area contributed by atoms with E-state index in [4.69, 9.17) is 15.0 Å². The van der Waals surface area contributed by atoms with Crippen molar-refractivity contribution in [3.05, 3.63) is 17.8 Å². The van der Waals surface area contributed by atoms with Gasteiger partial charge in [-0.1, -0.05) is 6.07 Å². The fraction of sp³-hybridized carbons (Fsp3) is 0.583. The van der Waals surface area contributed by atoms with E-state index in [0.717, 1.165) is 11.2 Å². The third-order valence-corrected chi connectivity index (χ3v) is 3.60. The highest BCUT2D eigenvalue weighted by Gasteiger charge is 2.52. The topological polar surface area (TPSA) is 57.4 Å². The van der Waals surface area contributed by atoms with Gasteiger partial charge in [0.25, 0.3) is 0 Å². The van der Waals surface area contributed by atoms with E-state index in [0.29, 0.717) is 5.82 Å². The fourth-order valence-electron chi connectivity index (χ4n) is 1.76. The van der Waals surface area contributed by atoms with Crippen molar-refractivity contribution in [2.24, 2.45) is 0 Å². The Labute approximate surface area is 103 Å². The number of hydrogen-bond acceptors (Lipinski definition) is 4. The van der Waals surface area contributed by atoms with E-state index in [2.05, 4.69) is 4.98 Å². The molecule has 0 radical (unpaired) electrons. The summed E-state index contributed by atoms with van der Waals surface area (Å²) < 4.78 is 11.9. The number of aromatic nitrogens is 1. The molecule has 0 saturated carbocycles. The van der Waals surface area contributed by atoms with E-state index < -0.39 is 7.12 Å². The second kappa shape index (κ2) is 3.72. The van der Waals surface area contributed by atoms with Gasteiger partial charge >= 0.3 is 7.12 Å². The van der Waals surface area contributed by atoms with E-state index in [1.54, 1.807) is 0 Å². The largest absolute Gasteiger partial charge is 0.498 e. The summed E-state index contributed by atoms with van der Waals surface area (Å²) in [5.74, 6) is 0.475. The van der Waals surface area contributed by atoms with Crippen molar-refractivity contribution < 1.29 is 9.31 Å². The van der Waals surface area contributed by atoms with E-state index in [-0.39, 0.29) is 11.2 Å². The summed E-state index contributed by atoms with van der Waals surface area (Å²) in [5, 5.41) is 0. The average Bonchev–Trinajstić information content (AvgIpc) is 2.35. The molecule has 0 atom stereocenters. The van der Waals surface area contributed by atoms with Crippen molar-refractivity contribution in [1.29, 1.82) is 0 Å². The molecule has 5 heteroatoms. The van der Waals surface area contributed by atoms with Crippen LogP contribution < -0.4 is 11.2 Å². The first-order chi connectivity index (χ1) is 7.73. The molecule has 0 amide bonds. The van der Waals surface area contributed by atoms with Gasteiger partial charge in [-0.2, -0.15) is 0 Å². The van der Waals surface area contributed by atoms with E-state index in [1.165, 1.54) is 0 Å². The van der Waals surface area contributed by atoms with Crippen molar-refractivity contribution in [2.75, 3.05) is 5.73 Å². The molecule has 1 aliphatic rings. The highest BCUT2D eigenvalue weighted by Crippen LogP contribution is 2.36. The zero-order valence-electron chi connectivity index (χ0n) is 11.1. The molecule has 0 aromatic carbocycles. The lowest BCUT2D eigenvalue weighted by Crippen LogP contribution is -2.41. The summed E-state index contributed by atoms with van der Waals surface area (Å²) >= 11 is 0. The second-order valence-corrected chi connectivity index (χ2v) is 5.52. The zero-order valence-corrected chi connectivity index (χ0v) is 11.1. The van der Waals surface area contributed by atoms with Crippen LogP contribution in [0.15, 0.2) is 12.1 Å². The molecule has 2 rings (SSSR count). The highest BCUT2D eigenvalue weighted by atomic mass is 16.7. The monoisotopic (exact) mass is 234 g/mol. The molecule has 92 valence electrons. The van der Waals surface area contributed by atoms with Gasteiger partial charge in [0.1, 0.15) is 5.82 Å². The zero-order chi connectivity index (χ0) is 12.8. The molecule has 2 heterocycles. The number of anilines is 1. The Morgan fingerprint density at radius 2 is 1.65 bits per heavy atom. The highest BCUT2D eigenvalue weighted by molar-refractivity contribution is 6.63. The molecule has 0 aliphatic carbocycles. The van der Waals surface area contributed by atoms with E-state index in [1.807, 2.05) is 46.8 Å². The molecule has 2 N–H and O–H groups in total. The third kappa shape index (κ3) is 2.05. The Morgan fingerprint density at radius 1 is 1.12 bits per heavy atom. The number of rotatable bonds is 1. The van der Waals surface area contributed by atoms with Gasteiger partial charge in [0.05, 0.1) is 11.2 Å². The average molecular weight is 234 g/mol. The lowest BCUT2D eigenvalue weighted by molar-refractivity contribution is 0.00578. The van der Waals surface area contributed by atoms with Crippen LogP contribution in [0.4, 0.5) is 5.82 Å². The lowest BCUT2D eigenvalue weighted by atomic mass is 9.79. The van der Waals surface area contributed by atoms with Crippen LogP contribution in [-0.4, -0.2) is 23.3 Å². The van der Waals surface area contributed by atoms with Gasteiger partial charge in [-0.05, 0) is 40.7 Å². The minimum Gasteiger partial charge on any atom is -0.399 e. The Kier molecular flexibility index (Phi) is 2.71. The molecule has 0 unspecified atom stereocenters. The van der Waals surface area contributed by atoms with Crippen LogP contribution in [0.5, 0.6) is 0 Å². The summed E-state index contributed by atoms with van der Waals surface area (Å²) in [4.78, 5) is 4.23. The molecule has 1 aliphatic heterocycles. The maximum Gasteiger partial charge on any atom is 0.498 e. The van der Waals surface area contributed by atoms with Crippen molar-refractivity contribution in [2.45, 2.75) is 45.8 Å². The standard InChI is InChI=1S/C12H19BN2O2/c1-8-6-7-9(10(14)15-8)13-16-11(2,3)12(4,5)17-13/h6-7H,1-5H3,(H2,14,15). The maximum absolute atomic E-state index is 5.93. The van der Waals surface area contributed by atoms with Gasteiger partial charge in [0.15, 0.2) is 0 Å². The van der Waals surface area contributed by atoms with Crippen LogP contribution in [0.3, 0.4) is 0 Å². The van der Waals surface area contributed by atoms with Crippen molar-refractivity contribution in [3.63, 3.8) is 0 Å². The summed E-state index contributed by atoms with van der Waals surface area (Å²) in [6.07, 6.45) is 0. The van der Waals surface area contributed by atoms with Gasteiger partial charge in [-0.3, -0.25) is 0 Å². The van der Waals surface area contributed by atoms with Crippen LogP contribution in [0.25, 0.3) is 0 Å². The molecule has 1 aromatic heterocycles. The first kappa shape index (κ1) is 12.4. The van der Waals surface area contributed by atoms with E-state index in [9.17, 15) is 0 Å². The second-order valence-electron chi connectivity index (χ2n) is 5.52. The van der Waals surface area contributed by atoms with Gasteiger partial charge in [0.2, 0.25) is 0 Å². The Morgan fingerprint density at radius 3 is 2.12 bits per heavy atom. The first-order valence-electron chi connectivity index (χ1n) is 5.81. The van der Waals surface area contributed by atoms with Crippen LogP contribution in [0.1, 0.15) is 33.4 Å². The number of nitrogen functional groups attached to an aromatic ring is 1. The first-order valence-corrected chi connectivity index (χ1v) is 5.81. The molecule has 1 aromatic rings. The number of pyridine rings is 1. The number of aryl methyl sites for hydroxylation is 1. The molecular formula is C12H19BN2O2. The fourth-order valence-corrected chi connectivity index (χ4v) is 1.76. The number of nitrogens with two attached hydrogens (primary N) is 1. The molecule has 0 spiro atoms. The molecular weight excluding hydrogens is 215 g/mol. The van der Waals surface area contributed by atoms with Crippen molar-refractivity contribution in [3.8, 4) is 0 Å².